The Hall–Kier alpha value is -1.14. The maximum atomic E-state index is 14.5. The minimum absolute atomic E-state index is 0.103. The third-order valence-electron chi connectivity index (χ3n) is 5.05. The van der Waals surface area contributed by atoms with Gasteiger partial charge in [-0.1, -0.05) is 18.9 Å². The smallest absolute Gasteiger partial charge is 0.314 e. The number of nitrogens with zero attached hydrogens (tertiary/aromatic N) is 1. The number of halogens is 4. The van der Waals surface area contributed by atoms with Crippen molar-refractivity contribution in [1.82, 2.24) is 10.2 Å². The van der Waals surface area contributed by atoms with Crippen molar-refractivity contribution >= 4 is 0 Å². The number of piperazine rings is 1. The van der Waals surface area contributed by atoms with Crippen molar-refractivity contribution in [2.24, 2.45) is 5.92 Å². The van der Waals surface area contributed by atoms with Gasteiger partial charge < -0.3 is 5.32 Å². The molecule has 1 aliphatic heterocycles. The molecule has 6 heteroatoms. The molecule has 1 saturated heterocycles. The van der Waals surface area contributed by atoms with Crippen molar-refractivity contribution in [3.63, 3.8) is 0 Å². The predicted octanol–water partition coefficient (Wildman–Crippen LogP) is 3.98. The van der Waals surface area contributed by atoms with Crippen LogP contribution in [-0.2, 0) is 6.18 Å². The van der Waals surface area contributed by atoms with E-state index < -0.39 is 23.6 Å². The third-order valence-corrected chi connectivity index (χ3v) is 5.05. The van der Waals surface area contributed by atoms with Crippen LogP contribution in [0.25, 0.3) is 0 Å². The van der Waals surface area contributed by atoms with Gasteiger partial charge in [0.05, 0.1) is 5.56 Å². The lowest BCUT2D eigenvalue weighted by molar-refractivity contribution is -0.139. The van der Waals surface area contributed by atoms with Crippen LogP contribution in [0.2, 0.25) is 0 Å². The molecule has 1 N–H and O–H groups in total. The van der Waals surface area contributed by atoms with Crippen molar-refractivity contribution in [3.05, 3.63) is 35.1 Å². The van der Waals surface area contributed by atoms with Gasteiger partial charge in [0.25, 0.3) is 0 Å². The van der Waals surface area contributed by atoms with E-state index in [9.17, 15) is 17.6 Å². The lowest BCUT2D eigenvalue weighted by Gasteiger charge is -2.39. The van der Waals surface area contributed by atoms with Gasteiger partial charge in [0.15, 0.2) is 0 Å². The van der Waals surface area contributed by atoms with Crippen molar-refractivity contribution in [3.8, 4) is 0 Å². The minimum atomic E-state index is -4.53. The number of rotatable bonds is 3. The fourth-order valence-corrected chi connectivity index (χ4v) is 4.03. The lowest BCUT2D eigenvalue weighted by Crippen LogP contribution is -2.47. The Bertz CT molecular complexity index is 532. The highest BCUT2D eigenvalue weighted by Crippen LogP contribution is 2.45. The summed E-state index contributed by atoms with van der Waals surface area (Å²) in [6.45, 7) is 2.79. The van der Waals surface area contributed by atoms with E-state index >= 15 is 0 Å². The third kappa shape index (κ3) is 3.53. The molecule has 1 aromatic rings. The number of alkyl halides is 3. The molecule has 3 rings (SSSR count). The van der Waals surface area contributed by atoms with Gasteiger partial charge >= 0.3 is 6.18 Å². The van der Waals surface area contributed by atoms with Crippen LogP contribution in [0.15, 0.2) is 18.2 Å². The fourth-order valence-electron chi connectivity index (χ4n) is 4.03. The molecular weight excluding hydrogens is 308 g/mol. The number of hydrogen-bond acceptors (Lipinski definition) is 2. The molecule has 1 saturated carbocycles. The van der Waals surface area contributed by atoms with Gasteiger partial charge in [-0.3, -0.25) is 4.90 Å². The van der Waals surface area contributed by atoms with Gasteiger partial charge in [-0.25, -0.2) is 4.39 Å². The largest absolute Gasteiger partial charge is 0.416 e. The zero-order valence-electron chi connectivity index (χ0n) is 13.0. The zero-order valence-corrected chi connectivity index (χ0v) is 13.0. The maximum absolute atomic E-state index is 14.5. The van der Waals surface area contributed by atoms with Gasteiger partial charge in [0, 0.05) is 37.8 Å². The summed E-state index contributed by atoms with van der Waals surface area (Å²) in [7, 11) is 0. The van der Waals surface area contributed by atoms with E-state index in [0.29, 0.717) is 13.1 Å². The quantitative estimate of drug-likeness (QED) is 0.844. The average molecular weight is 330 g/mol. The van der Waals surface area contributed by atoms with Gasteiger partial charge in [-0.05, 0) is 30.9 Å². The molecular formula is C17H22F4N2. The number of benzene rings is 1. The summed E-state index contributed by atoms with van der Waals surface area (Å²) in [5.41, 5.74) is -0.957. The molecule has 0 unspecified atom stereocenters. The molecule has 0 spiro atoms. The zero-order chi connectivity index (χ0) is 16.4. The molecule has 1 aromatic carbocycles. The van der Waals surface area contributed by atoms with Crippen LogP contribution < -0.4 is 5.32 Å². The summed E-state index contributed by atoms with van der Waals surface area (Å²) in [6, 6.07) is 2.86. The molecule has 1 aliphatic carbocycles. The first-order chi connectivity index (χ1) is 11.0. The highest BCUT2D eigenvalue weighted by Gasteiger charge is 2.41. The van der Waals surface area contributed by atoms with Gasteiger partial charge in [-0.15, -0.1) is 0 Å². The first-order valence-corrected chi connectivity index (χ1v) is 8.29. The van der Waals surface area contributed by atoms with E-state index in [-0.39, 0.29) is 11.5 Å². The highest BCUT2D eigenvalue weighted by atomic mass is 19.4. The van der Waals surface area contributed by atoms with Crippen molar-refractivity contribution in [1.29, 1.82) is 0 Å². The fraction of sp³-hybridized carbons (Fsp3) is 0.647. The van der Waals surface area contributed by atoms with Crippen LogP contribution in [0.5, 0.6) is 0 Å². The molecule has 2 aliphatic rings. The summed E-state index contributed by atoms with van der Waals surface area (Å²) in [6.07, 6.45) is -0.741. The molecule has 0 amide bonds. The maximum Gasteiger partial charge on any atom is 0.416 e. The van der Waals surface area contributed by atoms with Gasteiger partial charge in [0.1, 0.15) is 5.82 Å². The van der Waals surface area contributed by atoms with Crippen LogP contribution in [0.4, 0.5) is 17.6 Å². The van der Waals surface area contributed by atoms with Crippen molar-refractivity contribution in [2.75, 3.05) is 26.2 Å². The standard InChI is InChI=1S/C17H22F4N2/c18-14-7-3-6-13(17(19,20)21)15(14)16(12-4-1-2-5-12)23-10-8-22-9-11-23/h3,6-7,12,16,22H,1-2,4-5,8-11H2/t16-/m0/s1. The molecule has 2 fully saturated rings. The molecule has 2 nitrogen and oxygen atoms in total. The Morgan fingerprint density at radius 3 is 2.35 bits per heavy atom. The Kier molecular flexibility index (Phi) is 4.92. The number of hydrogen-bond donors (Lipinski definition) is 1. The Balaban J connectivity index is 2.05. The van der Waals surface area contributed by atoms with E-state index in [1.54, 1.807) is 0 Å². The highest BCUT2D eigenvalue weighted by molar-refractivity contribution is 5.34. The molecule has 0 radical (unpaired) electrons. The normalized spacial score (nSPS) is 22.4. The van der Waals surface area contributed by atoms with Crippen molar-refractivity contribution < 1.29 is 17.6 Å². The minimum Gasteiger partial charge on any atom is -0.314 e. The monoisotopic (exact) mass is 330 g/mol. The molecule has 1 atom stereocenters. The topological polar surface area (TPSA) is 15.3 Å². The van der Waals surface area contributed by atoms with E-state index in [4.69, 9.17) is 0 Å². The molecule has 23 heavy (non-hydrogen) atoms. The summed E-state index contributed by atoms with van der Waals surface area (Å²) in [5.74, 6) is -0.624. The summed E-state index contributed by atoms with van der Waals surface area (Å²) in [4.78, 5) is 2.04. The average Bonchev–Trinajstić information content (AvgIpc) is 3.03. The molecule has 0 bridgehead atoms. The van der Waals surface area contributed by atoms with Crippen molar-refractivity contribution in [2.45, 2.75) is 37.9 Å². The van der Waals surface area contributed by atoms with E-state index in [2.05, 4.69) is 5.32 Å². The van der Waals surface area contributed by atoms with Gasteiger partial charge in [0.2, 0.25) is 0 Å². The first-order valence-electron chi connectivity index (χ1n) is 8.29. The van der Waals surface area contributed by atoms with Crippen LogP contribution in [0.3, 0.4) is 0 Å². The lowest BCUT2D eigenvalue weighted by atomic mass is 9.86. The molecule has 128 valence electrons. The Morgan fingerprint density at radius 1 is 1.09 bits per heavy atom. The Labute approximate surface area is 133 Å². The number of nitrogens with one attached hydrogen (secondary N) is 1. The summed E-state index contributed by atoms with van der Waals surface area (Å²) in [5, 5.41) is 3.21. The van der Waals surface area contributed by atoms with Crippen LogP contribution in [-0.4, -0.2) is 31.1 Å². The molecule has 1 heterocycles. The Morgan fingerprint density at radius 2 is 1.74 bits per heavy atom. The van der Waals surface area contributed by atoms with Crippen LogP contribution in [0.1, 0.15) is 42.9 Å². The van der Waals surface area contributed by atoms with E-state index in [1.807, 2.05) is 4.90 Å². The first kappa shape index (κ1) is 16.7. The van der Waals surface area contributed by atoms with E-state index in [0.717, 1.165) is 57.0 Å². The second kappa shape index (κ2) is 6.77. The van der Waals surface area contributed by atoms with Crippen LogP contribution in [0, 0.1) is 11.7 Å². The second-order valence-corrected chi connectivity index (χ2v) is 6.47. The molecule has 0 aromatic heterocycles. The van der Waals surface area contributed by atoms with Gasteiger partial charge in [-0.2, -0.15) is 13.2 Å². The second-order valence-electron chi connectivity index (χ2n) is 6.47. The van der Waals surface area contributed by atoms with Crippen LogP contribution >= 0.6 is 0 Å². The SMILES string of the molecule is Fc1cccc(C(F)(F)F)c1[C@H](C1CCCC1)N1CCNCC1. The predicted molar refractivity (Wildman–Crippen MR) is 80.5 cm³/mol. The summed E-state index contributed by atoms with van der Waals surface area (Å²) < 4.78 is 54.8. The van der Waals surface area contributed by atoms with E-state index in [1.165, 1.54) is 0 Å². The summed E-state index contributed by atoms with van der Waals surface area (Å²) >= 11 is 0.